The molecule has 1 aliphatic heterocycles. The van der Waals surface area contributed by atoms with E-state index in [0.717, 1.165) is 17.4 Å². The molecular formula is C17H22ClF3N4O. The number of hydrogen-bond acceptors (Lipinski definition) is 3. The number of amides is 1. The highest BCUT2D eigenvalue weighted by Gasteiger charge is 2.39. The number of aromatic nitrogens is 2. The second-order valence-corrected chi connectivity index (χ2v) is 6.61. The largest absolute Gasteiger partial charge is 0.449 e. The molecule has 0 bridgehead atoms. The third-order valence-corrected chi connectivity index (χ3v) is 4.77. The number of fused-ring (bicyclic) bond motifs is 1. The monoisotopic (exact) mass is 390 g/mol. The van der Waals surface area contributed by atoms with Gasteiger partial charge in [0.25, 0.3) is 0 Å². The van der Waals surface area contributed by atoms with Crippen LogP contribution in [0.4, 0.5) is 13.2 Å². The number of imidazole rings is 1. The lowest BCUT2D eigenvalue weighted by atomic mass is 9.92. The predicted octanol–water partition coefficient (Wildman–Crippen LogP) is 3.06. The van der Waals surface area contributed by atoms with Crippen molar-refractivity contribution in [3.05, 3.63) is 30.1 Å². The van der Waals surface area contributed by atoms with Crippen molar-refractivity contribution in [2.45, 2.75) is 38.5 Å². The van der Waals surface area contributed by atoms with Gasteiger partial charge in [0.1, 0.15) is 6.54 Å². The van der Waals surface area contributed by atoms with Gasteiger partial charge in [-0.2, -0.15) is 13.2 Å². The maximum atomic E-state index is 13.3. The maximum absolute atomic E-state index is 13.3. The lowest BCUT2D eigenvalue weighted by Crippen LogP contribution is -2.50. The lowest BCUT2D eigenvalue weighted by molar-refractivity contribution is -0.148. The van der Waals surface area contributed by atoms with Crippen LogP contribution in [0.1, 0.15) is 25.6 Å². The van der Waals surface area contributed by atoms with Crippen LogP contribution in [0.3, 0.4) is 0 Å². The van der Waals surface area contributed by atoms with Crippen molar-refractivity contribution in [3.8, 4) is 0 Å². The summed E-state index contributed by atoms with van der Waals surface area (Å²) >= 11 is 0. The predicted molar refractivity (Wildman–Crippen MR) is 94.9 cm³/mol. The molecule has 26 heavy (non-hydrogen) atoms. The molecule has 1 aromatic carbocycles. The molecular weight excluding hydrogens is 369 g/mol. The van der Waals surface area contributed by atoms with E-state index in [1.165, 1.54) is 6.07 Å². The molecule has 9 heteroatoms. The molecule has 2 unspecified atom stereocenters. The Morgan fingerprint density at radius 2 is 2.04 bits per heavy atom. The Balaban J connectivity index is 0.00000243. The van der Waals surface area contributed by atoms with E-state index in [0.29, 0.717) is 24.5 Å². The molecule has 0 radical (unpaired) electrons. The minimum atomic E-state index is -4.62. The molecule has 2 atom stereocenters. The van der Waals surface area contributed by atoms with Gasteiger partial charge in [0.15, 0.2) is 0 Å². The van der Waals surface area contributed by atoms with Crippen molar-refractivity contribution in [1.82, 2.24) is 14.5 Å². The van der Waals surface area contributed by atoms with Crippen LogP contribution >= 0.6 is 12.4 Å². The fourth-order valence-electron chi connectivity index (χ4n) is 3.48. The summed E-state index contributed by atoms with van der Waals surface area (Å²) in [6, 6.07) is 6.19. The van der Waals surface area contributed by atoms with E-state index in [1.54, 1.807) is 23.1 Å². The number of benzene rings is 1. The van der Waals surface area contributed by atoms with Gasteiger partial charge in [-0.25, -0.2) is 4.98 Å². The number of alkyl halides is 3. The summed E-state index contributed by atoms with van der Waals surface area (Å²) in [5.74, 6) is -0.940. The minimum absolute atomic E-state index is 0. The number of para-hydroxylation sites is 2. The van der Waals surface area contributed by atoms with E-state index in [4.69, 9.17) is 5.73 Å². The normalized spacial score (nSPS) is 20.9. The first-order valence-electron chi connectivity index (χ1n) is 8.33. The number of likely N-dealkylation sites (tertiary alicyclic amines) is 1. The van der Waals surface area contributed by atoms with Crippen LogP contribution in [0.5, 0.6) is 0 Å². The molecule has 0 aliphatic carbocycles. The summed E-state index contributed by atoms with van der Waals surface area (Å²) < 4.78 is 41.0. The molecule has 2 heterocycles. The van der Waals surface area contributed by atoms with Crippen molar-refractivity contribution < 1.29 is 18.0 Å². The van der Waals surface area contributed by atoms with Crippen LogP contribution < -0.4 is 5.73 Å². The SMILES string of the molecule is CC1CCN(C(=O)Cn2c(C(F)(F)F)nc3ccccc32)C(CN)C1.Cl. The molecule has 1 fully saturated rings. The third-order valence-electron chi connectivity index (χ3n) is 4.77. The highest BCUT2D eigenvalue weighted by molar-refractivity contribution is 5.85. The lowest BCUT2D eigenvalue weighted by Gasteiger charge is -2.38. The van der Waals surface area contributed by atoms with Crippen LogP contribution in [0.25, 0.3) is 11.0 Å². The smallest absolute Gasteiger partial charge is 0.337 e. The summed E-state index contributed by atoms with van der Waals surface area (Å²) in [4.78, 5) is 18.0. The number of rotatable bonds is 3. The van der Waals surface area contributed by atoms with E-state index >= 15 is 0 Å². The number of hydrogen-bond donors (Lipinski definition) is 1. The first-order valence-corrected chi connectivity index (χ1v) is 8.33. The molecule has 2 aromatic rings. The highest BCUT2D eigenvalue weighted by atomic mass is 35.5. The minimum Gasteiger partial charge on any atom is -0.337 e. The molecule has 0 spiro atoms. The maximum Gasteiger partial charge on any atom is 0.449 e. The molecule has 2 N–H and O–H groups in total. The summed E-state index contributed by atoms with van der Waals surface area (Å²) in [5, 5.41) is 0. The number of nitrogens with zero attached hydrogens (tertiary/aromatic N) is 3. The van der Waals surface area contributed by atoms with Gasteiger partial charge in [0.2, 0.25) is 11.7 Å². The van der Waals surface area contributed by atoms with Gasteiger partial charge in [-0.3, -0.25) is 4.79 Å². The van der Waals surface area contributed by atoms with Gasteiger partial charge >= 0.3 is 6.18 Å². The van der Waals surface area contributed by atoms with Crippen molar-refractivity contribution in [1.29, 1.82) is 0 Å². The third kappa shape index (κ3) is 3.96. The number of carbonyl (C=O) groups excluding carboxylic acids is 1. The van der Waals surface area contributed by atoms with Crippen LogP contribution in [0, 0.1) is 5.92 Å². The Morgan fingerprint density at radius 1 is 1.35 bits per heavy atom. The number of carbonyl (C=O) groups is 1. The molecule has 1 amide bonds. The Labute approximate surface area is 155 Å². The first-order chi connectivity index (χ1) is 11.8. The molecule has 1 saturated heterocycles. The average Bonchev–Trinajstić information content (AvgIpc) is 2.93. The quantitative estimate of drug-likeness (QED) is 0.876. The molecule has 0 saturated carbocycles. The zero-order valence-corrected chi connectivity index (χ0v) is 15.2. The van der Waals surface area contributed by atoms with E-state index in [9.17, 15) is 18.0 Å². The van der Waals surface area contributed by atoms with Crippen LogP contribution in [-0.2, 0) is 17.5 Å². The second-order valence-electron chi connectivity index (χ2n) is 6.61. The van der Waals surface area contributed by atoms with Crippen molar-refractivity contribution in [2.75, 3.05) is 13.1 Å². The summed E-state index contributed by atoms with van der Waals surface area (Å²) in [6.45, 7) is 2.54. The Hall–Kier alpha value is -1.80. The van der Waals surface area contributed by atoms with E-state index in [-0.39, 0.29) is 36.4 Å². The Bertz CT molecular complexity index is 777. The van der Waals surface area contributed by atoms with E-state index in [1.807, 2.05) is 0 Å². The van der Waals surface area contributed by atoms with E-state index in [2.05, 4.69) is 11.9 Å². The van der Waals surface area contributed by atoms with Crippen molar-refractivity contribution in [3.63, 3.8) is 0 Å². The van der Waals surface area contributed by atoms with Gasteiger partial charge in [-0.1, -0.05) is 19.1 Å². The van der Waals surface area contributed by atoms with Gasteiger partial charge < -0.3 is 15.2 Å². The summed E-state index contributed by atoms with van der Waals surface area (Å²) in [5.41, 5.74) is 6.29. The Morgan fingerprint density at radius 3 is 2.69 bits per heavy atom. The van der Waals surface area contributed by atoms with Gasteiger partial charge in [-0.15, -0.1) is 12.4 Å². The van der Waals surface area contributed by atoms with Gasteiger partial charge in [0.05, 0.1) is 11.0 Å². The fourth-order valence-corrected chi connectivity index (χ4v) is 3.48. The fraction of sp³-hybridized carbons (Fsp3) is 0.529. The van der Waals surface area contributed by atoms with Crippen molar-refractivity contribution >= 4 is 29.3 Å². The number of halogens is 4. The molecule has 1 aromatic heterocycles. The highest BCUT2D eigenvalue weighted by Crippen LogP contribution is 2.32. The number of piperidine rings is 1. The van der Waals surface area contributed by atoms with Crippen LogP contribution in [-0.4, -0.2) is 39.5 Å². The molecule has 144 valence electrons. The van der Waals surface area contributed by atoms with Crippen LogP contribution in [0.2, 0.25) is 0 Å². The van der Waals surface area contributed by atoms with Gasteiger partial charge in [0, 0.05) is 19.1 Å². The first kappa shape index (κ1) is 20.5. The average molecular weight is 391 g/mol. The Kier molecular flexibility index (Phi) is 6.18. The second kappa shape index (κ2) is 7.84. The number of nitrogens with two attached hydrogens (primary N) is 1. The van der Waals surface area contributed by atoms with E-state index < -0.39 is 12.0 Å². The zero-order chi connectivity index (χ0) is 18.2. The standard InChI is InChI=1S/C17H21F3N4O.ClH/c1-11-6-7-23(12(8-11)9-21)15(25)10-24-14-5-3-2-4-13(14)22-16(24)17(18,19)20;/h2-5,11-12H,6-10,21H2,1H3;1H. The zero-order valence-electron chi connectivity index (χ0n) is 14.4. The molecule has 5 nitrogen and oxygen atoms in total. The molecule has 3 rings (SSSR count). The van der Waals surface area contributed by atoms with Crippen LogP contribution in [0.15, 0.2) is 24.3 Å². The summed E-state index contributed by atoms with van der Waals surface area (Å²) in [6.07, 6.45) is -3.01. The van der Waals surface area contributed by atoms with Crippen molar-refractivity contribution in [2.24, 2.45) is 11.7 Å². The molecule has 1 aliphatic rings. The summed E-state index contributed by atoms with van der Waals surface area (Å²) in [7, 11) is 0. The topological polar surface area (TPSA) is 64.2 Å². The van der Waals surface area contributed by atoms with Gasteiger partial charge in [-0.05, 0) is 30.9 Å².